The topological polar surface area (TPSA) is 98.4 Å². The predicted molar refractivity (Wildman–Crippen MR) is 108 cm³/mol. The van der Waals surface area contributed by atoms with Gasteiger partial charge in [-0.25, -0.2) is 0 Å². The summed E-state index contributed by atoms with van der Waals surface area (Å²) in [6.45, 7) is 3.43. The van der Waals surface area contributed by atoms with E-state index in [2.05, 4.69) is 32.5 Å². The molecule has 3 aliphatic rings. The van der Waals surface area contributed by atoms with Gasteiger partial charge in [-0.2, -0.15) is 5.10 Å². The molecule has 4 heterocycles. The maximum absolute atomic E-state index is 12.9. The van der Waals surface area contributed by atoms with Gasteiger partial charge in [0.25, 0.3) is 5.91 Å². The van der Waals surface area contributed by atoms with E-state index in [-0.39, 0.29) is 24.1 Å². The molecule has 8 nitrogen and oxygen atoms in total. The Kier molecular flexibility index (Phi) is 4.86. The zero-order valence-corrected chi connectivity index (χ0v) is 16.8. The van der Waals surface area contributed by atoms with E-state index in [0.29, 0.717) is 24.4 Å². The highest BCUT2D eigenvalue weighted by Crippen LogP contribution is 2.33. The smallest absolute Gasteiger partial charge is 0.255 e. The average Bonchev–Trinajstić information content (AvgIpc) is 3.36. The molecule has 1 atom stereocenters. The minimum Gasteiger partial charge on any atom is -0.322 e. The van der Waals surface area contributed by atoms with Crippen LogP contribution in [0.25, 0.3) is 0 Å². The Balaban J connectivity index is 1.25. The van der Waals surface area contributed by atoms with E-state index in [1.807, 2.05) is 18.5 Å². The summed E-state index contributed by atoms with van der Waals surface area (Å²) in [6, 6.07) is 5.57. The third-order valence-electron chi connectivity index (χ3n) is 6.57. The second-order valence-electron chi connectivity index (χ2n) is 8.47. The largest absolute Gasteiger partial charge is 0.322 e. The molecule has 0 spiro atoms. The number of H-pyrrole nitrogens is 1. The molecule has 1 unspecified atom stereocenters. The number of carbonyl (C=O) groups excluding carboxylic acids is 3. The van der Waals surface area contributed by atoms with Gasteiger partial charge in [0.15, 0.2) is 0 Å². The molecule has 30 heavy (non-hydrogen) atoms. The molecule has 5 rings (SSSR count). The highest BCUT2D eigenvalue weighted by molar-refractivity contribution is 6.05. The van der Waals surface area contributed by atoms with Crippen molar-refractivity contribution in [1.82, 2.24) is 25.3 Å². The molecule has 156 valence electrons. The number of piperidine rings is 2. The molecule has 0 saturated carbocycles. The van der Waals surface area contributed by atoms with Crippen molar-refractivity contribution in [2.75, 3.05) is 13.1 Å². The number of carbonyl (C=O) groups is 3. The molecule has 0 bridgehead atoms. The first-order chi connectivity index (χ1) is 14.6. The summed E-state index contributed by atoms with van der Waals surface area (Å²) in [7, 11) is 0. The zero-order valence-electron chi connectivity index (χ0n) is 16.8. The number of likely N-dealkylation sites (tertiary alicyclic amines) is 1. The number of imide groups is 1. The van der Waals surface area contributed by atoms with E-state index in [1.165, 1.54) is 11.1 Å². The van der Waals surface area contributed by atoms with Gasteiger partial charge in [0, 0.05) is 36.8 Å². The Bertz CT molecular complexity index is 979. The van der Waals surface area contributed by atoms with Crippen LogP contribution in [0.1, 0.15) is 58.6 Å². The van der Waals surface area contributed by atoms with Gasteiger partial charge in [-0.15, -0.1) is 0 Å². The highest BCUT2D eigenvalue weighted by atomic mass is 16.2. The lowest BCUT2D eigenvalue weighted by Crippen LogP contribution is -2.52. The molecule has 3 amide bonds. The van der Waals surface area contributed by atoms with Crippen LogP contribution >= 0.6 is 0 Å². The number of aromatic amines is 1. The van der Waals surface area contributed by atoms with Crippen LogP contribution in [-0.4, -0.2) is 56.9 Å². The van der Waals surface area contributed by atoms with Crippen LogP contribution in [0.15, 0.2) is 30.6 Å². The van der Waals surface area contributed by atoms with Crippen molar-refractivity contribution >= 4 is 17.7 Å². The van der Waals surface area contributed by atoms with Gasteiger partial charge >= 0.3 is 0 Å². The Morgan fingerprint density at radius 2 is 1.93 bits per heavy atom. The maximum Gasteiger partial charge on any atom is 0.255 e. The van der Waals surface area contributed by atoms with Crippen LogP contribution in [0.3, 0.4) is 0 Å². The van der Waals surface area contributed by atoms with Crippen LogP contribution in [0.4, 0.5) is 0 Å². The number of benzene rings is 1. The molecule has 1 aromatic carbocycles. The third kappa shape index (κ3) is 3.52. The summed E-state index contributed by atoms with van der Waals surface area (Å²) in [4.78, 5) is 40.5. The van der Waals surface area contributed by atoms with Crippen LogP contribution in [0, 0.1) is 0 Å². The van der Waals surface area contributed by atoms with Crippen LogP contribution < -0.4 is 5.32 Å². The van der Waals surface area contributed by atoms with E-state index in [0.717, 1.165) is 38.0 Å². The van der Waals surface area contributed by atoms with E-state index < -0.39 is 6.04 Å². The molecule has 2 N–H and O–H groups in total. The summed E-state index contributed by atoms with van der Waals surface area (Å²) in [5.41, 5.74) is 4.15. The number of rotatable bonds is 4. The molecular formula is C22H25N5O3. The number of hydrogen-bond donors (Lipinski definition) is 2. The fraction of sp³-hybridized carbons (Fsp3) is 0.455. The molecule has 2 aromatic rings. The summed E-state index contributed by atoms with van der Waals surface area (Å²) in [5.74, 6) is -0.254. The van der Waals surface area contributed by atoms with E-state index in [1.54, 1.807) is 4.90 Å². The summed E-state index contributed by atoms with van der Waals surface area (Å²) in [6.07, 6.45) is 6.66. The van der Waals surface area contributed by atoms with Crippen molar-refractivity contribution in [3.8, 4) is 0 Å². The molecule has 1 aromatic heterocycles. The van der Waals surface area contributed by atoms with Gasteiger partial charge in [0.05, 0.1) is 6.20 Å². The predicted octanol–water partition coefficient (Wildman–Crippen LogP) is 1.55. The fourth-order valence-electron chi connectivity index (χ4n) is 4.90. The monoisotopic (exact) mass is 407 g/mol. The van der Waals surface area contributed by atoms with Gasteiger partial charge in [0.1, 0.15) is 6.04 Å². The molecule has 0 radical (unpaired) electrons. The molecule has 3 aliphatic heterocycles. The first-order valence-corrected chi connectivity index (χ1v) is 10.6. The van der Waals surface area contributed by atoms with Crippen LogP contribution in [0.2, 0.25) is 0 Å². The number of nitrogens with zero attached hydrogens (tertiary/aromatic N) is 3. The van der Waals surface area contributed by atoms with Gasteiger partial charge in [-0.1, -0.05) is 12.1 Å². The van der Waals surface area contributed by atoms with E-state index >= 15 is 0 Å². The number of amides is 3. The Morgan fingerprint density at radius 3 is 2.67 bits per heavy atom. The Labute approximate surface area is 174 Å². The quantitative estimate of drug-likeness (QED) is 0.750. The molecule has 2 saturated heterocycles. The lowest BCUT2D eigenvalue weighted by Gasteiger charge is -2.32. The third-order valence-corrected chi connectivity index (χ3v) is 6.57. The van der Waals surface area contributed by atoms with E-state index in [4.69, 9.17) is 0 Å². The van der Waals surface area contributed by atoms with Crippen LogP contribution in [-0.2, 0) is 22.7 Å². The number of nitrogens with one attached hydrogen (secondary N) is 2. The van der Waals surface area contributed by atoms with Gasteiger partial charge in [-0.05, 0) is 55.5 Å². The fourth-order valence-corrected chi connectivity index (χ4v) is 4.90. The highest BCUT2D eigenvalue weighted by Gasteiger charge is 2.39. The Hall–Kier alpha value is -3.00. The molecular weight excluding hydrogens is 382 g/mol. The van der Waals surface area contributed by atoms with Crippen molar-refractivity contribution in [1.29, 1.82) is 0 Å². The van der Waals surface area contributed by atoms with Gasteiger partial charge < -0.3 is 4.90 Å². The standard InChI is InChI=1S/C22H25N5O3/c28-20-4-3-19(21(29)25-20)27-13-17-9-16(1-2-18(17)22(27)30)15-5-7-26(8-6-15)12-14-10-23-24-11-14/h1-2,9-11,15,19H,3-8,12-13H2,(H,23,24)(H,25,28,29). The average molecular weight is 407 g/mol. The summed E-state index contributed by atoms with van der Waals surface area (Å²) >= 11 is 0. The first kappa shape index (κ1) is 19.0. The van der Waals surface area contributed by atoms with Crippen LogP contribution in [0.5, 0.6) is 0 Å². The number of aromatic nitrogens is 2. The maximum atomic E-state index is 12.9. The molecule has 0 aliphatic carbocycles. The van der Waals surface area contributed by atoms with Crippen molar-refractivity contribution < 1.29 is 14.4 Å². The van der Waals surface area contributed by atoms with E-state index in [9.17, 15) is 14.4 Å². The second kappa shape index (κ2) is 7.68. The van der Waals surface area contributed by atoms with Crippen molar-refractivity contribution in [3.05, 3.63) is 52.8 Å². The number of hydrogen-bond acceptors (Lipinski definition) is 5. The van der Waals surface area contributed by atoms with Gasteiger partial charge in [0.2, 0.25) is 11.8 Å². The normalized spacial score (nSPS) is 23.0. The van der Waals surface area contributed by atoms with Gasteiger partial charge in [-0.3, -0.25) is 29.7 Å². The van der Waals surface area contributed by atoms with Crippen molar-refractivity contribution in [2.45, 2.75) is 50.7 Å². The minimum absolute atomic E-state index is 0.110. The lowest BCUT2D eigenvalue weighted by molar-refractivity contribution is -0.136. The van der Waals surface area contributed by atoms with Crippen molar-refractivity contribution in [3.63, 3.8) is 0 Å². The second-order valence-corrected chi connectivity index (χ2v) is 8.47. The molecule has 2 fully saturated rings. The molecule has 8 heteroatoms. The van der Waals surface area contributed by atoms with Crippen molar-refractivity contribution in [2.24, 2.45) is 0 Å². The Morgan fingerprint density at radius 1 is 1.10 bits per heavy atom. The summed E-state index contributed by atoms with van der Waals surface area (Å²) in [5, 5.41) is 9.23. The lowest BCUT2D eigenvalue weighted by atomic mass is 9.88. The minimum atomic E-state index is -0.558. The first-order valence-electron chi connectivity index (χ1n) is 10.6. The SMILES string of the molecule is O=C1CCC(N2Cc3cc(C4CCN(Cc5cn[nH]c5)CC4)ccc3C2=O)C(=O)N1. The zero-order chi connectivity index (χ0) is 20.7. The number of fused-ring (bicyclic) bond motifs is 1. The summed E-state index contributed by atoms with van der Waals surface area (Å²) < 4.78 is 0.